The minimum atomic E-state index is -3.92. The first-order valence-electron chi connectivity index (χ1n) is 5.69. The van der Waals surface area contributed by atoms with Crippen LogP contribution in [0.5, 0.6) is 0 Å². The summed E-state index contributed by atoms with van der Waals surface area (Å²) in [5.74, 6) is 0.133. The quantitative estimate of drug-likeness (QED) is 0.747. The van der Waals surface area contributed by atoms with E-state index in [1.807, 2.05) is 20.8 Å². The summed E-state index contributed by atoms with van der Waals surface area (Å²) < 4.78 is 32.2. The Labute approximate surface area is 93.0 Å². The summed E-state index contributed by atoms with van der Waals surface area (Å²) in [6.45, 7) is 5.67. The van der Waals surface area contributed by atoms with Gasteiger partial charge in [0.05, 0.1) is 5.25 Å². The molecule has 0 heterocycles. The lowest BCUT2D eigenvalue weighted by Crippen LogP contribution is -2.41. The SMILES string of the molecule is CC(C)(C)C(C1CCCCC1)S(=O)(=O)O. The van der Waals surface area contributed by atoms with Gasteiger partial charge in [-0.05, 0) is 24.2 Å². The average molecular weight is 234 g/mol. The zero-order valence-electron chi connectivity index (χ0n) is 9.86. The van der Waals surface area contributed by atoms with Gasteiger partial charge in [-0.1, -0.05) is 40.0 Å². The van der Waals surface area contributed by atoms with Crippen LogP contribution in [0, 0.1) is 11.3 Å². The highest BCUT2D eigenvalue weighted by molar-refractivity contribution is 7.86. The molecule has 1 fully saturated rings. The molecule has 0 amide bonds. The smallest absolute Gasteiger partial charge is 0.268 e. The molecule has 0 aromatic rings. The van der Waals surface area contributed by atoms with E-state index < -0.39 is 15.4 Å². The summed E-state index contributed by atoms with van der Waals surface area (Å²) in [6.07, 6.45) is 5.24. The minimum absolute atomic E-state index is 0.133. The van der Waals surface area contributed by atoms with Gasteiger partial charge in [-0.2, -0.15) is 8.42 Å². The highest BCUT2D eigenvalue weighted by atomic mass is 32.2. The number of hydrogen-bond acceptors (Lipinski definition) is 2. The van der Waals surface area contributed by atoms with Crippen molar-refractivity contribution in [3.63, 3.8) is 0 Å². The first kappa shape index (κ1) is 13.0. The topological polar surface area (TPSA) is 54.4 Å². The Hall–Kier alpha value is -0.0900. The summed E-state index contributed by atoms with van der Waals surface area (Å²) in [4.78, 5) is 0. The molecule has 0 aliphatic heterocycles. The lowest BCUT2D eigenvalue weighted by atomic mass is 9.77. The molecule has 0 aromatic heterocycles. The molecule has 3 nitrogen and oxygen atoms in total. The highest BCUT2D eigenvalue weighted by Gasteiger charge is 2.41. The Morgan fingerprint density at radius 3 is 1.93 bits per heavy atom. The third-order valence-corrected chi connectivity index (χ3v) is 4.99. The van der Waals surface area contributed by atoms with Crippen LogP contribution in [0.15, 0.2) is 0 Å². The van der Waals surface area contributed by atoms with E-state index in [-0.39, 0.29) is 11.3 Å². The second-order valence-electron chi connectivity index (χ2n) is 5.70. The maximum atomic E-state index is 11.4. The zero-order chi connectivity index (χ0) is 11.7. The molecule has 0 aromatic carbocycles. The molecule has 1 rings (SSSR count). The summed E-state index contributed by atoms with van der Waals surface area (Å²) in [5.41, 5.74) is -0.379. The van der Waals surface area contributed by atoms with Gasteiger partial charge in [0.15, 0.2) is 0 Å². The van der Waals surface area contributed by atoms with E-state index in [4.69, 9.17) is 0 Å². The molecule has 0 spiro atoms. The summed E-state index contributed by atoms with van der Waals surface area (Å²) in [7, 11) is -3.92. The second-order valence-corrected chi connectivity index (χ2v) is 7.24. The van der Waals surface area contributed by atoms with E-state index in [0.717, 1.165) is 25.7 Å². The van der Waals surface area contributed by atoms with Gasteiger partial charge in [0, 0.05) is 0 Å². The van der Waals surface area contributed by atoms with E-state index >= 15 is 0 Å². The number of rotatable bonds is 2. The third kappa shape index (κ3) is 3.45. The van der Waals surface area contributed by atoms with Crippen LogP contribution in [0.25, 0.3) is 0 Å². The van der Waals surface area contributed by atoms with Crippen molar-refractivity contribution >= 4 is 10.1 Å². The minimum Gasteiger partial charge on any atom is -0.285 e. The molecule has 1 N–H and O–H groups in total. The van der Waals surface area contributed by atoms with Gasteiger partial charge in [0.1, 0.15) is 0 Å². The van der Waals surface area contributed by atoms with Crippen molar-refractivity contribution in [3.8, 4) is 0 Å². The normalized spacial score (nSPS) is 22.7. The molecule has 0 bridgehead atoms. The van der Waals surface area contributed by atoms with Gasteiger partial charge >= 0.3 is 0 Å². The van der Waals surface area contributed by atoms with Crippen molar-refractivity contribution in [1.82, 2.24) is 0 Å². The van der Waals surface area contributed by atoms with E-state index in [0.29, 0.717) is 0 Å². The first-order chi connectivity index (χ1) is 6.73. The van der Waals surface area contributed by atoms with Gasteiger partial charge in [0.2, 0.25) is 0 Å². The summed E-state index contributed by atoms with van der Waals surface area (Å²) in [6, 6.07) is 0. The Morgan fingerprint density at radius 2 is 1.60 bits per heavy atom. The van der Waals surface area contributed by atoms with Crippen molar-refractivity contribution in [2.24, 2.45) is 11.3 Å². The molecule has 0 radical (unpaired) electrons. The Bertz CT molecular complexity index is 294. The van der Waals surface area contributed by atoms with Crippen molar-refractivity contribution in [2.45, 2.75) is 58.1 Å². The maximum Gasteiger partial charge on any atom is 0.268 e. The Morgan fingerprint density at radius 1 is 1.13 bits per heavy atom. The van der Waals surface area contributed by atoms with Crippen LogP contribution in [0.3, 0.4) is 0 Å². The molecule has 1 saturated carbocycles. The van der Waals surface area contributed by atoms with Gasteiger partial charge in [-0.15, -0.1) is 0 Å². The Balaban J connectivity index is 2.91. The largest absolute Gasteiger partial charge is 0.285 e. The van der Waals surface area contributed by atoms with Crippen molar-refractivity contribution in [2.75, 3.05) is 0 Å². The molecule has 1 atom stereocenters. The van der Waals surface area contributed by atoms with Crippen LogP contribution in [0.4, 0.5) is 0 Å². The van der Waals surface area contributed by atoms with Crippen LogP contribution >= 0.6 is 0 Å². The van der Waals surface area contributed by atoms with Crippen LogP contribution < -0.4 is 0 Å². The molecular weight excluding hydrogens is 212 g/mol. The Kier molecular flexibility index (Phi) is 3.82. The van der Waals surface area contributed by atoms with E-state index in [1.165, 1.54) is 6.42 Å². The standard InChI is InChI=1S/C11H22O3S/c1-11(2,3)10(15(12,13)14)9-7-5-4-6-8-9/h9-10H,4-8H2,1-3H3,(H,12,13,14). The highest BCUT2D eigenvalue weighted by Crippen LogP contribution is 2.38. The van der Waals surface area contributed by atoms with E-state index in [9.17, 15) is 13.0 Å². The molecule has 1 unspecified atom stereocenters. The van der Waals surface area contributed by atoms with Crippen molar-refractivity contribution in [1.29, 1.82) is 0 Å². The predicted octanol–water partition coefficient (Wildman–Crippen LogP) is 2.87. The molecule has 1 aliphatic carbocycles. The van der Waals surface area contributed by atoms with Gasteiger partial charge < -0.3 is 0 Å². The lowest BCUT2D eigenvalue weighted by Gasteiger charge is -2.36. The van der Waals surface area contributed by atoms with Crippen LogP contribution in [0.1, 0.15) is 52.9 Å². The van der Waals surface area contributed by atoms with Crippen molar-refractivity contribution in [3.05, 3.63) is 0 Å². The molecule has 0 saturated heterocycles. The van der Waals surface area contributed by atoms with Crippen LogP contribution in [0.2, 0.25) is 0 Å². The molecular formula is C11H22O3S. The first-order valence-corrected chi connectivity index (χ1v) is 7.19. The summed E-state index contributed by atoms with van der Waals surface area (Å²) >= 11 is 0. The van der Waals surface area contributed by atoms with Gasteiger partial charge in [-0.3, -0.25) is 4.55 Å². The fraction of sp³-hybridized carbons (Fsp3) is 1.00. The fourth-order valence-corrected chi connectivity index (χ4v) is 4.49. The molecule has 90 valence electrons. The number of hydrogen-bond donors (Lipinski definition) is 1. The maximum absolute atomic E-state index is 11.4. The third-order valence-electron chi connectivity index (χ3n) is 3.25. The van der Waals surface area contributed by atoms with Crippen LogP contribution in [-0.4, -0.2) is 18.2 Å². The fourth-order valence-electron chi connectivity index (χ4n) is 2.83. The zero-order valence-corrected chi connectivity index (χ0v) is 10.7. The van der Waals surface area contributed by atoms with Gasteiger partial charge in [-0.25, -0.2) is 0 Å². The summed E-state index contributed by atoms with van der Waals surface area (Å²) in [5, 5.41) is -0.606. The lowest BCUT2D eigenvalue weighted by molar-refractivity contribution is 0.232. The molecule has 15 heavy (non-hydrogen) atoms. The average Bonchev–Trinajstić information content (AvgIpc) is 2.00. The van der Waals surface area contributed by atoms with E-state index in [2.05, 4.69) is 0 Å². The van der Waals surface area contributed by atoms with Crippen molar-refractivity contribution < 1.29 is 13.0 Å². The molecule has 1 aliphatic rings. The van der Waals surface area contributed by atoms with Crippen LogP contribution in [-0.2, 0) is 10.1 Å². The second kappa shape index (κ2) is 4.42. The monoisotopic (exact) mass is 234 g/mol. The van der Waals surface area contributed by atoms with E-state index in [1.54, 1.807) is 0 Å². The van der Waals surface area contributed by atoms with Gasteiger partial charge in [0.25, 0.3) is 10.1 Å². The predicted molar refractivity (Wildman–Crippen MR) is 61.4 cm³/mol. The molecule has 4 heteroatoms.